The number of nitrogens with one attached hydrogen (secondary N) is 1. The molecule has 0 spiro atoms. The first kappa shape index (κ1) is 9.97. The van der Waals surface area contributed by atoms with Crippen LogP contribution in [-0.4, -0.2) is 24.7 Å². The van der Waals surface area contributed by atoms with Crippen molar-refractivity contribution in [2.24, 2.45) is 5.92 Å². The normalized spacial score (nSPS) is 36.5. The molecule has 0 aromatic carbocycles. The molecule has 80 valence electrons. The summed E-state index contributed by atoms with van der Waals surface area (Å²) < 4.78 is 5.05. The van der Waals surface area contributed by atoms with Crippen molar-refractivity contribution in [3.05, 3.63) is 0 Å². The van der Waals surface area contributed by atoms with Crippen molar-refractivity contribution >= 4 is 5.97 Å². The van der Waals surface area contributed by atoms with Crippen molar-refractivity contribution in [3.8, 4) is 0 Å². The van der Waals surface area contributed by atoms with Gasteiger partial charge in [-0.15, -0.1) is 0 Å². The molecule has 2 rings (SSSR count). The van der Waals surface area contributed by atoms with Crippen LogP contribution in [0.15, 0.2) is 0 Å². The number of esters is 1. The smallest absolute Gasteiger partial charge is 0.323 e. The zero-order valence-electron chi connectivity index (χ0n) is 8.79. The molecule has 2 fully saturated rings. The van der Waals surface area contributed by atoms with Crippen molar-refractivity contribution in [3.63, 3.8) is 0 Å². The maximum Gasteiger partial charge on any atom is 0.323 e. The number of ether oxygens (including phenoxy) is 1. The molecule has 1 aliphatic heterocycles. The number of fused-ring (bicyclic) bond motifs is 2. The SMILES string of the molecule is CCOC(=O)C1C[C@@H]2CCC[C@@H](C2)N1. The standard InChI is InChI=1S/C11H19NO2/c1-2-14-11(13)10-7-8-4-3-5-9(6-8)12-10/h8-10,12H,2-7H2,1H3/t8-,9+,10?/m1/s1. The third-order valence-corrected chi connectivity index (χ3v) is 3.36. The van der Waals surface area contributed by atoms with Gasteiger partial charge in [0.25, 0.3) is 0 Å². The number of hydrogen-bond donors (Lipinski definition) is 1. The second-order valence-corrected chi connectivity index (χ2v) is 4.44. The highest BCUT2D eigenvalue weighted by molar-refractivity contribution is 5.76. The molecule has 0 aromatic heterocycles. The van der Waals surface area contributed by atoms with Crippen molar-refractivity contribution in [2.45, 2.75) is 51.1 Å². The van der Waals surface area contributed by atoms with Crippen LogP contribution < -0.4 is 5.32 Å². The highest BCUT2D eigenvalue weighted by Gasteiger charge is 2.34. The summed E-state index contributed by atoms with van der Waals surface area (Å²) in [6, 6.07) is 0.538. The lowest BCUT2D eigenvalue weighted by Crippen LogP contribution is -2.51. The molecule has 1 heterocycles. The van der Waals surface area contributed by atoms with Gasteiger partial charge in [0.1, 0.15) is 6.04 Å². The molecule has 1 unspecified atom stereocenters. The van der Waals surface area contributed by atoms with Crippen molar-refractivity contribution < 1.29 is 9.53 Å². The van der Waals surface area contributed by atoms with Crippen molar-refractivity contribution in [2.75, 3.05) is 6.61 Å². The van der Waals surface area contributed by atoms with E-state index in [4.69, 9.17) is 4.74 Å². The number of hydrogen-bond acceptors (Lipinski definition) is 3. The van der Waals surface area contributed by atoms with Crippen LogP contribution in [-0.2, 0) is 9.53 Å². The van der Waals surface area contributed by atoms with Gasteiger partial charge in [-0.3, -0.25) is 4.79 Å². The van der Waals surface area contributed by atoms with Crippen LogP contribution >= 0.6 is 0 Å². The van der Waals surface area contributed by atoms with Gasteiger partial charge >= 0.3 is 5.97 Å². The summed E-state index contributed by atoms with van der Waals surface area (Å²) in [6.45, 7) is 2.36. The fraction of sp³-hybridized carbons (Fsp3) is 0.909. The highest BCUT2D eigenvalue weighted by atomic mass is 16.5. The van der Waals surface area contributed by atoms with Gasteiger partial charge in [-0.1, -0.05) is 12.8 Å². The largest absolute Gasteiger partial charge is 0.465 e. The number of piperidine rings is 1. The summed E-state index contributed by atoms with van der Waals surface area (Å²) in [4.78, 5) is 11.5. The zero-order valence-corrected chi connectivity index (χ0v) is 8.79. The summed E-state index contributed by atoms with van der Waals surface area (Å²) in [7, 11) is 0. The van der Waals surface area contributed by atoms with Gasteiger partial charge in [-0.2, -0.15) is 0 Å². The minimum Gasteiger partial charge on any atom is -0.465 e. The third kappa shape index (κ3) is 2.08. The highest BCUT2D eigenvalue weighted by Crippen LogP contribution is 2.32. The molecule has 2 aliphatic rings. The van der Waals surface area contributed by atoms with E-state index in [0.29, 0.717) is 12.6 Å². The van der Waals surface area contributed by atoms with E-state index in [0.717, 1.165) is 12.3 Å². The van der Waals surface area contributed by atoms with E-state index in [1.165, 1.54) is 25.7 Å². The maximum absolute atomic E-state index is 11.5. The molecule has 14 heavy (non-hydrogen) atoms. The Morgan fingerprint density at radius 2 is 2.29 bits per heavy atom. The first-order valence-corrected chi connectivity index (χ1v) is 5.72. The molecule has 1 N–H and O–H groups in total. The molecule has 3 heteroatoms. The molecular formula is C11H19NO2. The second kappa shape index (κ2) is 4.30. The molecule has 1 aliphatic carbocycles. The van der Waals surface area contributed by atoms with Crippen LogP contribution in [0, 0.1) is 5.92 Å². The van der Waals surface area contributed by atoms with Crippen LogP contribution in [0.1, 0.15) is 39.0 Å². The van der Waals surface area contributed by atoms with Crippen LogP contribution in [0.5, 0.6) is 0 Å². The molecule has 2 bridgehead atoms. The predicted molar refractivity (Wildman–Crippen MR) is 53.9 cm³/mol. The van der Waals surface area contributed by atoms with E-state index in [1.807, 2.05) is 6.92 Å². The van der Waals surface area contributed by atoms with E-state index in [1.54, 1.807) is 0 Å². The van der Waals surface area contributed by atoms with Gasteiger partial charge in [0.15, 0.2) is 0 Å². The Labute approximate surface area is 85.2 Å². The predicted octanol–water partition coefficient (Wildman–Crippen LogP) is 1.47. The summed E-state index contributed by atoms with van der Waals surface area (Å²) in [5, 5.41) is 3.39. The molecule has 1 saturated carbocycles. The van der Waals surface area contributed by atoms with Crippen molar-refractivity contribution in [1.29, 1.82) is 0 Å². The lowest BCUT2D eigenvalue weighted by atomic mass is 9.78. The van der Waals surface area contributed by atoms with Gasteiger partial charge in [0.05, 0.1) is 6.61 Å². The van der Waals surface area contributed by atoms with E-state index in [2.05, 4.69) is 5.32 Å². The van der Waals surface area contributed by atoms with Crippen molar-refractivity contribution in [1.82, 2.24) is 5.32 Å². The van der Waals surface area contributed by atoms with Crippen LogP contribution in [0.4, 0.5) is 0 Å². The summed E-state index contributed by atoms with van der Waals surface area (Å²) in [6.07, 6.45) is 6.09. The second-order valence-electron chi connectivity index (χ2n) is 4.44. The van der Waals surface area contributed by atoms with E-state index < -0.39 is 0 Å². The van der Waals surface area contributed by atoms with E-state index in [9.17, 15) is 4.79 Å². The first-order chi connectivity index (χ1) is 6.79. The van der Waals surface area contributed by atoms with Gasteiger partial charge in [-0.05, 0) is 32.1 Å². The Hall–Kier alpha value is -0.570. The van der Waals surface area contributed by atoms with Gasteiger partial charge in [0, 0.05) is 6.04 Å². The van der Waals surface area contributed by atoms with E-state index in [-0.39, 0.29) is 12.0 Å². The fourth-order valence-electron chi connectivity index (χ4n) is 2.75. The Morgan fingerprint density at radius 3 is 3.00 bits per heavy atom. The van der Waals surface area contributed by atoms with Crippen LogP contribution in [0.2, 0.25) is 0 Å². The summed E-state index contributed by atoms with van der Waals surface area (Å²) in [5.74, 6) is 0.702. The lowest BCUT2D eigenvalue weighted by molar-refractivity contribution is -0.147. The average Bonchev–Trinajstić information content (AvgIpc) is 2.17. The average molecular weight is 197 g/mol. The Bertz CT molecular complexity index is 205. The van der Waals surface area contributed by atoms with Crippen LogP contribution in [0.3, 0.4) is 0 Å². The number of carbonyl (C=O) groups is 1. The molecule has 0 amide bonds. The van der Waals surface area contributed by atoms with Gasteiger partial charge < -0.3 is 10.1 Å². The Balaban J connectivity index is 1.91. The maximum atomic E-state index is 11.5. The Kier molecular flexibility index (Phi) is 3.06. The summed E-state index contributed by atoms with van der Waals surface area (Å²) in [5.41, 5.74) is 0. The monoisotopic (exact) mass is 197 g/mol. The topological polar surface area (TPSA) is 38.3 Å². The number of carbonyl (C=O) groups excluding carboxylic acids is 1. The third-order valence-electron chi connectivity index (χ3n) is 3.36. The Morgan fingerprint density at radius 1 is 1.43 bits per heavy atom. The molecule has 3 nitrogen and oxygen atoms in total. The van der Waals surface area contributed by atoms with Crippen LogP contribution in [0.25, 0.3) is 0 Å². The van der Waals surface area contributed by atoms with Gasteiger partial charge in [0.2, 0.25) is 0 Å². The lowest BCUT2D eigenvalue weighted by Gasteiger charge is -2.39. The molecule has 1 saturated heterocycles. The molecular weight excluding hydrogens is 178 g/mol. The fourth-order valence-corrected chi connectivity index (χ4v) is 2.75. The zero-order chi connectivity index (χ0) is 9.97. The minimum absolute atomic E-state index is 0.0287. The first-order valence-electron chi connectivity index (χ1n) is 5.72. The number of rotatable bonds is 2. The quantitative estimate of drug-likeness (QED) is 0.681. The molecule has 0 aromatic rings. The minimum atomic E-state index is -0.0518. The molecule has 3 atom stereocenters. The summed E-state index contributed by atoms with van der Waals surface area (Å²) >= 11 is 0. The van der Waals surface area contributed by atoms with Gasteiger partial charge in [-0.25, -0.2) is 0 Å². The van der Waals surface area contributed by atoms with E-state index >= 15 is 0 Å². The molecule has 0 radical (unpaired) electrons.